The zero-order valence-corrected chi connectivity index (χ0v) is 20.6. The van der Waals surface area contributed by atoms with E-state index >= 15 is 0 Å². The molecule has 0 saturated heterocycles. The van der Waals surface area contributed by atoms with Gasteiger partial charge in [-0.15, -0.1) is 0 Å². The van der Waals surface area contributed by atoms with Crippen LogP contribution in [-0.2, 0) is 38.1 Å². The SMILES string of the molecule is COC(=O)CCCCCCCC(=O)OCC#CC#CCOC(=O)CCCCCCCC(=O)OC. The minimum atomic E-state index is -0.297. The molecule has 0 aromatic rings. The van der Waals surface area contributed by atoms with Gasteiger partial charge in [-0.3, -0.25) is 19.2 Å². The van der Waals surface area contributed by atoms with Crippen molar-refractivity contribution in [1.29, 1.82) is 0 Å². The molecule has 34 heavy (non-hydrogen) atoms. The molecule has 0 aliphatic heterocycles. The molecule has 0 N–H and O–H groups in total. The molecule has 0 saturated carbocycles. The van der Waals surface area contributed by atoms with Gasteiger partial charge in [-0.05, 0) is 49.4 Å². The fourth-order valence-electron chi connectivity index (χ4n) is 2.88. The van der Waals surface area contributed by atoms with Gasteiger partial charge in [-0.1, -0.05) is 38.5 Å². The second kappa shape index (κ2) is 23.2. The number of unbranched alkanes of at least 4 members (excludes halogenated alkanes) is 8. The first-order chi connectivity index (χ1) is 16.5. The molecule has 190 valence electrons. The van der Waals surface area contributed by atoms with Crippen LogP contribution in [0.15, 0.2) is 0 Å². The summed E-state index contributed by atoms with van der Waals surface area (Å²) in [5.41, 5.74) is 0. The molecule has 0 aliphatic rings. The fraction of sp³-hybridized carbons (Fsp3) is 0.692. The van der Waals surface area contributed by atoms with E-state index in [1.807, 2.05) is 0 Å². The maximum absolute atomic E-state index is 11.6. The molecule has 0 aliphatic carbocycles. The van der Waals surface area contributed by atoms with Crippen molar-refractivity contribution in [1.82, 2.24) is 0 Å². The number of hydrogen-bond acceptors (Lipinski definition) is 8. The standard InChI is InChI=1S/C26H38O8/c1-31-23(27)17-11-5-3-7-13-19-25(29)33-21-15-9-10-16-22-34-26(30)20-14-8-4-6-12-18-24(28)32-2/h3-8,11-14,17-22H2,1-2H3. The van der Waals surface area contributed by atoms with Gasteiger partial charge in [-0.2, -0.15) is 0 Å². The zero-order valence-electron chi connectivity index (χ0n) is 20.6. The Hall–Kier alpha value is -3.00. The van der Waals surface area contributed by atoms with Gasteiger partial charge in [0.15, 0.2) is 13.2 Å². The number of hydrogen-bond donors (Lipinski definition) is 0. The zero-order chi connectivity index (χ0) is 25.3. The largest absolute Gasteiger partial charge is 0.469 e. The molecule has 0 bridgehead atoms. The second-order valence-corrected chi connectivity index (χ2v) is 7.61. The van der Waals surface area contributed by atoms with E-state index in [4.69, 9.17) is 9.47 Å². The first kappa shape index (κ1) is 31.0. The fourth-order valence-corrected chi connectivity index (χ4v) is 2.88. The Bertz CT molecular complexity index is 659. The summed E-state index contributed by atoms with van der Waals surface area (Å²) in [5.74, 6) is 9.38. The van der Waals surface area contributed by atoms with E-state index in [1.54, 1.807) is 0 Å². The van der Waals surface area contributed by atoms with Crippen LogP contribution in [-0.4, -0.2) is 51.3 Å². The number of esters is 4. The topological polar surface area (TPSA) is 105 Å². The number of carbonyl (C=O) groups is 4. The van der Waals surface area contributed by atoms with Crippen LogP contribution in [0.5, 0.6) is 0 Å². The molecule has 0 heterocycles. The van der Waals surface area contributed by atoms with E-state index < -0.39 is 0 Å². The summed E-state index contributed by atoms with van der Waals surface area (Å²) in [5, 5.41) is 0. The van der Waals surface area contributed by atoms with E-state index in [1.165, 1.54) is 14.2 Å². The third-order valence-corrected chi connectivity index (χ3v) is 4.83. The lowest BCUT2D eigenvalue weighted by molar-refractivity contribution is -0.143. The van der Waals surface area contributed by atoms with Crippen molar-refractivity contribution in [3.05, 3.63) is 0 Å². The van der Waals surface area contributed by atoms with Crippen molar-refractivity contribution in [2.24, 2.45) is 0 Å². The maximum atomic E-state index is 11.6. The van der Waals surface area contributed by atoms with Crippen LogP contribution in [0.4, 0.5) is 0 Å². The normalized spacial score (nSPS) is 9.59. The molecule has 8 heteroatoms. The highest BCUT2D eigenvalue weighted by Gasteiger charge is 2.04. The molecule has 0 unspecified atom stereocenters. The van der Waals surface area contributed by atoms with Crippen molar-refractivity contribution in [3.8, 4) is 23.7 Å². The monoisotopic (exact) mass is 478 g/mol. The van der Waals surface area contributed by atoms with E-state index in [2.05, 4.69) is 33.2 Å². The van der Waals surface area contributed by atoms with Gasteiger partial charge < -0.3 is 18.9 Å². The Morgan fingerprint density at radius 3 is 1.09 bits per heavy atom. The lowest BCUT2D eigenvalue weighted by Gasteiger charge is -2.02. The first-order valence-corrected chi connectivity index (χ1v) is 11.9. The molecule has 0 rings (SSSR count). The predicted molar refractivity (Wildman–Crippen MR) is 126 cm³/mol. The van der Waals surface area contributed by atoms with Gasteiger partial charge in [0.2, 0.25) is 0 Å². The van der Waals surface area contributed by atoms with Gasteiger partial charge in [-0.25, -0.2) is 0 Å². The number of carbonyl (C=O) groups excluding carboxylic acids is 4. The summed E-state index contributed by atoms with van der Waals surface area (Å²) in [7, 11) is 2.76. The molecule has 8 nitrogen and oxygen atoms in total. The second-order valence-electron chi connectivity index (χ2n) is 7.61. The Labute approximate surface area is 203 Å². The minimum Gasteiger partial charge on any atom is -0.469 e. The van der Waals surface area contributed by atoms with Crippen molar-refractivity contribution in [2.75, 3.05) is 27.4 Å². The number of methoxy groups -OCH3 is 2. The van der Waals surface area contributed by atoms with Crippen LogP contribution >= 0.6 is 0 Å². The Kier molecular flexibility index (Phi) is 21.1. The highest BCUT2D eigenvalue weighted by atomic mass is 16.5. The molecule has 0 fully saturated rings. The Morgan fingerprint density at radius 2 is 0.765 bits per heavy atom. The van der Waals surface area contributed by atoms with Crippen molar-refractivity contribution in [3.63, 3.8) is 0 Å². The molecule has 0 spiro atoms. The van der Waals surface area contributed by atoms with E-state index in [9.17, 15) is 19.2 Å². The third kappa shape index (κ3) is 22.2. The van der Waals surface area contributed by atoms with Gasteiger partial charge >= 0.3 is 23.9 Å². The van der Waals surface area contributed by atoms with Crippen molar-refractivity contribution >= 4 is 23.9 Å². The number of ether oxygens (including phenoxy) is 4. The van der Waals surface area contributed by atoms with Crippen LogP contribution in [0.2, 0.25) is 0 Å². The average molecular weight is 479 g/mol. The lowest BCUT2D eigenvalue weighted by atomic mass is 10.1. The number of rotatable bonds is 18. The van der Waals surface area contributed by atoms with Crippen LogP contribution in [0.3, 0.4) is 0 Å². The summed E-state index contributed by atoms with van der Waals surface area (Å²) in [6, 6.07) is 0. The van der Waals surface area contributed by atoms with Crippen LogP contribution in [0, 0.1) is 23.7 Å². The predicted octanol–water partition coefficient (Wildman–Crippen LogP) is 3.89. The van der Waals surface area contributed by atoms with E-state index in [0.717, 1.165) is 64.2 Å². The summed E-state index contributed by atoms with van der Waals surface area (Å²) in [6.07, 6.45) is 10.2. The average Bonchev–Trinajstić information content (AvgIpc) is 2.83. The molecular weight excluding hydrogens is 440 g/mol. The third-order valence-electron chi connectivity index (χ3n) is 4.83. The van der Waals surface area contributed by atoms with E-state index in [-0.39, 0.29) is 37.1 Å². The Morgan fingerprint density at radius 1 is 0.471 bits per heavy atom. The molecule has 0 radical (unpaired) electrons. The molecule has 0 aromatic heterocycles. The Balaban J connectivity index is 3.58. The summed E-state index contributed by atoms with van der Waals surface area (Å²) < 4.78 is 19.2. The van der Waals surface area contributed by atoms with Crippen LogP contribution in [0.25, 0.3) is 0 Å². The van der Waals surface area contributed by atoms with Crippen molar-refractivity contribution in [2.45, 2.75) is 89.9 Å². The quantitative estimate of drug-likeness (QED) is 0.126. The highest BCUT2D eigenvalue weighted by Crippen LogP contribution is 2.09. The maximum Gasteiger partial charge on any atom is 0.306 e. The van der Waals surface area contributed by atoms with Gasteiger partial charge in [0, 0.05) is 25.7 Å². The minimum absolute atomic E-state index is 0.0218. The smallest absolute Gasteiger partial charge is 0.306 e. The van der Waals surface area contributed by atoms with Crippen molar-refractivity contribution < 1.29 is 38.1 Å². The van der Waals surface area contributed by atoms with E-state index in [0.29, 0.717) is 25.7 Å². The molecular formula is C26H38O8. The van der Waals surface area contributed by atoms with Gasteiger partial charge in [0.1, 0.15) is 0 Å². The summed E-state index contributed by atoms with van der Waals surface area (Å²) in [4.78, 5) is 45.2. The van der Waals surface area contributed by atoms with Gasteiger partial charge in [0.05, 0.1) is 14.2 Å². The van der Waals surface area contributed by atoms with Crippen LogP contribution in [0.1, 0.15) is 89.9 Å². The summed E-state index contributed by atoms with van der Waals surface area (Å²) in [6.45, 7) is -0.0435. The van der Waals surface area contributed by atoms with Crippen LogP contribution < -0.4 is 0 Å². The molecule has 0 atom stereocenters. The van der Waals surface area contributed by atoms with Gasteiger partial charge in [0.25, 0.3) is 0 Å². The molecule has 0 amide bonds. The lowest BCUT2D eigenvalue weighted by Crippen LogP contribution is -2.04. The summed E-state index contributed by atoms with van der Waals surface area (Å²) >= 11 is 0. The first-order valence-electron chi connectivity index (χ1n) is 11.9. The molecule has 0 aromatic carbocycles. The highest BCUT2D eigenvalue weighted by molar-refractivity contribution is 5.70.